The first-order valence-corrected chi connectivity index (χ1v) is 18.7. The molecule has 8 aromatic rings. The van der Waals surface area contributed by atoms with E-state index in [4.69, 9.17) is 0 Å². The fourth-order valence-corrected chi connectivity index (χ4v) is 10.6. The van der Waals surface area contributed by atoms with E-state index in [1.54, 1.807) is 11.0 Å². The molecule has 1 heteroatoms. The highest BCUT2D eigenvalue weighted by molar-refractivity contribution is 6.89. The van der Waals surface area contributed by atoms with Crippen molar-refractivity contribution >= 4 is 60.7 Å². The molecule has 242 valence electrons. The molecule has 1 aliphatic carbocycles. The molecule has 8 aromatic carbocycles. The number of hydrogen-bond acceptors (Lipinski definition) is 0. The van der Waals surface area contributed by atoms with Gasteiger partial charge in [-0.2, -0.15) is 0 Å². The summed E-state index contributed by atoms with van der Waals surface area (Å²) in [6, 6.07) is 53.3. The maximum atomic E-state index is 2.61. The lowest BCUT2D eigenvalue weighted by molar-refractivity contribution is 0.144. The van der Waals surface area contributed by atoms with Crippen molar-refractivity contribution in [1.82, 2.24) is 0 Å². The Hall–Kier alpha value is -4.88. The highest BCUT2D eigenvalue weighted by Gasteiger charge is 2.55. The molecule has 0 aromatic heterocycles. The normalized spacial score (nSPS) is 20.6. The molecule has 1 aliphatic heterocycles. The van der Waals surface area contributed by atoms with Crippen LogP contribution in [0.25, 0.3) is 65.3 Å². The molecule has 0 N–H and O–H groups in total. The van der Waals surface area contributed by atoms with Gasteiger partial charge in [0, 0.05) is 0 Å². The first-order chi connectivity index (χ1) is 24.3. The molecule has 0 spiro atoms. The van der Waals surface area contributed by atoms with Gasteiger partial charge in [0.1, 0.15) is 0 Å². The van der Waals surface area contributed by atoms with E-state index >= 15 is 0 Å². The molecule has 1 saturated carbocycles. The summed E-state index contributed by atoms with van der Waals surface area (Å²) in [6.07, 6.45) is 3.87. The van der Waals surface area contributed by atoms with E-state index in [1.807, 2.05) is 0 Å². The van der Waals surface area contributed by atoms with Gasteiger partial charge in [-0.1, -0.05) is 191 Å². The Morgan fingerprint density at radius 1 is 0.580 bits per heavy atom. The van der Waals surface area contributed by atoms with Gasteiger partial charge in [-0.3, -0.25) is 0 Å². The zero-order valence-corrected chi connectivity index (χ0v) is 29.6. The van der Waals surface area contributed by atoms with Gasteiger partial charge in [-0.25, -0.2) is 0 Å². The van der Waals surface area contributed by atoms with Gasteiger partial charge >= 0.3 is 0 Å². The van der Waals surface area contributed by atoms with Crippen LogP contribution in [-0.4, -0.2) is 6.71 Å². The summed E-state index contributed by atoms with van der Waals surface area (Å²) in [7, 11) is 0. The van der Waals surface area contributed by atoms with E-state index in [9.17, 15) is 0 Å². The molecule has 50 heavy (non-hydrogen) atoms. The van der Waals surface area contributed by atoms with Crippen LogP contribution in [0, 0.1) is 11.3 Å². The predicted octanol–water partition coefficient (Wildman–Crippen LogP) is 12.4. The Kier molecular flexibility index (Phi) is 6.48. The molecule has 3 unspecified atom stereocenters. The van der Waals surface area contributed by atoms with E-state index in [-0.39, 0.29) is 5.31 Å². The summed E-state index contributed by atoms with van der Waals surface area (Å²) in [5, 5.41) is 10.9. The van der Waals surface area contributed by atoms with Crippen molar-refractivity contribution in [2.24, 2.45) is 11.3 Å². The van der Waals surface area contributed by atoms with Crippen LogP contribution in [0.15, 0.2) is 140 Å². The van der Waals surface area contributed by atoms with E-state index in [2.05, 4.69) is 167 Å². The molecule has 0 radical (unpaired) electrons. The lowest BCUT2D eigenvalue weighted by Crippen LogP contribution is -2.49. The van der Waals surface area contributed by atoms with E-state index in [1.165, 1.54) is 90.1 Å². The Labute approximate surface area is 296 Å². The second-order valence-electron chi connectivity index (χ2n) is 16.8. The Balaban J connectivity index is 1.17. The summed E-state index contributed by atoms with van der Waals surface area (Å²) < 4.78 is 0. The topological polar surface area (TPSA) is 0 Å². The largest absolute Gasteiger partial charge is 0.216 e. The van der Waals surface area contributed by atoms with Crippen molar-refractivity contribution in [3.63, 3.8) is 0 Å². The highest BCUT2D eigenvalue weighted by Crippen LogP contribution is 2.61. The van der Waals surface area contributed by atoms with Gasteiger partial charge in [0.25, 0.3) is 0 Å². The third kappa shape index (κ3) is 4.32. The summed E-state index contributed by atoms with van der Waals surface area (Å²) in [6.45, 7) is 10.4. The Morgan fingerprint density at radius 2 is 1.22 bits per heavy atom. The molecule has 0 amide bonds. The molecule has 0 saturated heterocycles. The Morgan fingerprint density at radius 3 is 1.98 bits per heavy atom. The lowest BCUT2D eigenvalue weighted by Gasteiger charge is -2.47. The summed E-state index contributed by atoms with van der Waals surface area (Å²) >= 11 is 0. The zero-order valence-electron chi connectivity index (χ0n) is 29.6. The van der Waals surface area contributed by atoms with Crippen LogP contribution in [0.2, 0.25) is 5.31 Å². The number of benzene rings is 8. The molecular formula is C49H43B. The molecule has 10 rings (SSSR count). The minimum absolute atomic E-state index is 0.227. The van der Waals surface area contributed by atoms with Crippen LogP contribution in [0.5, 0.6) is 0 Å². The smallest absolute Gasteiger partial charge is 0.0736 e. The van der Waals surface area contributed by atoms with Gasteiger partial charge < -0.3 is 0 Å². The van der Waals surface area contributed by atoms with Crippen molar-refractivity contribution < 1.29 is 0 Å². The maximum absolute atomic E-state index is 2.61. The molecule has 2 aliphatic rings. The van der Waals surface area contributed by atoms with Crippen LogP contribution in [0.1, 0.15) is 58.4 Å². The third-order valence-electron chi connectivity index (χ3n) is 13.2. The van der Waals surface area contributed by atoms with Gasteiger partial charge in [0.05, 0.1) is 0 Å². The van der Waals surface area contributed by atoms with Crippen molar-refractivity contribution in [2.45, 2.75) is 58.2 Å². The van der Waals surface area contributed by atoms with E-state index < -0.39 is 0 Å². The summed E-state index contributed by atoms with van der Waals surface area (Å²) in [4.78, 5) is 0. The van der Waals surface area contributed by atoms with E-state index in [0.717, 1.165) is 5.92 Å². The standard InChI is InChI=1S/C49H43B/c1-48(2,3)35-27-28-49(4)44(30-35)43-29-34(21-26-45(43)50(49)36-13-6-5-7-14-36)38-22-17-32-20-25-42-40(23-18-33-19-24-41(38)46(32)47(33)42)39-16-10-12-31-11-8-9-15-37(31)39/h5-26,29,35,44H,27-28,30H2,1-4H3. The first kappa shape index (κ1) is 30.0. The quantitative estimate of drug-likeness (QED) is 0.133. The van der Waals surface area contributed by atoms with Gasteiger partial charge in [0.15, 0.2) is 0 Å². The molecular weight excluding hydrogens is 599 g/mol. The second-order valence-corrected chi connectivity index (χ2v) is 16.8. The predicted molar refractivity (Wildman–Crippen MR) is 218 cm³/mol. The van der Waals surface area contributed by atoms with Crippen LogP contribution < -0.4 is 10.9 Å². The van der Waals surface area contributed by atoms with Crippen molar-refractivity contribution in [2.75, 3.05) is 0 Å². The summed E-state index contributed by atoms with van der Waals surface area (Å²) in [5.41, 5.74) is 10.3. The molecule has 1 fully saturated rings. The minimum Gasteiger partial charge on any atom is -0.0736 e. The molecule has 0 nitrogen and oxygen atoms in total. The SMILES string of the molecule is CC(C)(C)C1CCC2(C)B(c3ccccc3)c3ccc(-c4ccc5ccc6c(-c7cccc8ccccc78)ccc7ccc4c5c76)cc3C2C1. The maximum Gasteiger partial charge on any atom is 0.216 e. The van der Waals surface area contributed by atoms with Crippen LogP contribution in [-0.2, 0) is 0 Å². The van der Waals surface area contributed by atoms with Crippen molar-refractivity contribution in [3.05, 3.63) is 145 Å². The molecule has 0 bridgehead atoms. The van der Waals surface area contributed by atoms with Crippen molar-refractivity contribution in [3.8, 4) is 22.3 Å². The third-order valence-corrected chi connectivity index (χ3v) is 13.2. The molecule has 3 atom stereocenters. The summed E-state index contributed by atoms with van der Waals surface area (Å²) in [5.74, 6) is 1.29. The highest BCUT2D eigenvalue weighted by atomic mass is 14.5. The van der Waals surface area contributed by atoms with Gasteiger partial charge in [-0.15, -0.1) is 0 Å². The van der Waals surface area contributed by atoms with Gasteiger partial charge in [-0.05, 0) is 99.9 Å². The number of fused-ring (bicyclic) bond motifs is 4. The number of hydrogen-bond donors (Lipinski definition) is 0. The average Bonchev–Trinajstić information content (AvgIpc) is 3.40. The van der Waals surface area contributed by atoms with Crippen LogP contribution in [0.3, 0.4) is 0 Å². The average molecular weight is 643 g/mol. The van der Waals surface area contributed by atoms with Crippen LogP contribution >= 0.6 is 0 Å². The number of rotatable bonds is 3. The Bertz CT molecular complexity index is 2580. The van der Waals surface area contributed by atoms with Crippen LogP contribution in [0.4, 0.5) is 0 Å². The molecule has 1 heterocycles. The fourth-order valence-electron chi connectivity index (χ4n) is 10.6. The lowest BCUT2D eigenvalue weighted by atomic mass is 9.27. The fraction of sp³-hybridized carbons (Fsp3) is 0.224. The van der Waals surface area contributed by atoms with E-state index in [0.29, 0.717) is 18.0 Å². The monoisotopic (exact) mass is 642 g/mol. The first-order valence-electron chi connectivity index (χ1n) is 18.7. The second kappa shape index (κ2) is 10.8. The van der Waals surface area contributed by atoms with Gasteiger partial charge in [0.2, 0.25) is 6.71 Å². The zero-order chi connectivity index (χ0) is 33.8. The minimum atomic E-state index is 0.227. The van der Waals surface area contributed by atoms with Crippen molar-refractivity contribution in [1.29, 1.82) is 0 Å².